The molecule has 0 spiro atoms. The molecule has 2 aromatic heterocycles. The average Bonchev–Trinajstić information content (AvgIpc) is 3.26. The molecule has 0 saturated carbocycles. The number of benzene rings is 1. The molecule has 8 heteroatoms. The minimum absolute atomic E-state index is 0.0569. The van der Waals surface area contributed by atoms with Gasteiger partial charge < -0.3 is 20.1 Å². The van der Waals surface area contributed by atoms with E-state index in [1.807, 2.05) is 23.9 Å². The van der Waals surface area contributed by atoms with E-state index in [0.29, 0.717) is 24.1 Å². The predicted octanol–water partition coefficient (Wildman–Crippen LogP) is 2.97. The maximum atomic E-state index is 15.1. The van der Waals surface area contributed by atoms with Crippen LogP contribution in [0.2, 0.25) is 0 Å². The van der Waals surface area contributed by atoms with Gasteiger partial charge in [0.1, 0.15) is 23.0 Å². The predicted molar refractivity (Wildman–Crippen MR) is 122 cm³/mol. The Balaban J connectivity index is 1.57. The molecule has 1 saturated heterocycles. The first-order valence-electron chi connectivity index (χ1n) is 11.3. The maximum Gasteiger partial charge on any atom is 0.256 e. The molecule has 3 aromatic rings. The van der Waals surface area contributed by atoms with E-state index >= 15 is 4.39 Å². The van der Waals surface area contributed by atoms with Crippen molar-refractivity contribution in [1.29, 1.82) is 0 Å². The topological polar surface area (TPSA) is 80.3 Å². The van der Waals surface area contributed by atoms with Gasteiger partial charge >= 0.3 is 0 Å². The number of aryl methyl sites for hydroxylation is 1. The van der Waals surface area contributed by atoms with Crippen LogP contribution in [0.4, 0.5) is 10.2 Å². The van der Waals surface area contributed by atoms with Gasteiger partial charge in [-0.25, -0.2) is 14.4 Å². The monoisotopic (exact) mass is 436 g/mol. The SMILES string of the molecule is CCN1c2ncccc2C[C@]1(C)c1nc2cc(C(=O)N3CCC[C@@H](N)C3)c(F)cc2n1C. The van der Waals surface area contributed by atoms with E-state index in [0.717, 1.165) is 37.4 Å². The van der Waals surface area contributed by atoms with E-state index in [4.69, 9.17) is 10.7 Å². The number of hydrogen-bond acceptors (Lipinski definition) is 5. The number of likely N-dealkylation sites (N-methyl/N-ethyl adjacent to an activating group) is 1. The normalized spacial score (nSPS) is 23.1. The zero-order chi connectivity index (χ0) is 22.6. The molecule has 7 nitrogen and oxygen atoms in total. The first-order chi connectivity index (χ1) is 15.3. The number of halogens is 1. The summed E-state index contributed by atoms with van der Waals surface area (Å²) >= 11 is 0. The second-order valence-corrected chi connectivity index (χ2v) is 9.15. The third kappa shape index (κ3) is 3.08. The van der Waals surface area contributed by atoms with Gasteiger partial charge in [0.15, 0.2) is 0 Å². The number of nitrogens with zero attached hydrogens (tertiary/aromatic N) is 5. The molecule has 1 aromatic carbocycles. The fourth-order valence-corrected chi connectivity index (χ4v) is 5.43. The Labute approximate surface area is 187 Å². The van der Waals surface area contributed by atoms with Crippen molar-refractivity contribution in [3.05, 3.63) is 53.2 Å². The van der Waals surface area contributed by atoms with Crippen LogP contribution in [0.15, 0.2) is 30.5 Å². The highest BCUT2D eigenvalue weighted by Gasteiger charge is 2.44. The van der Waals surface area contributed by atoms with Gasteiger partial charge in [0, 0.05) is 51.4 Å². The number of imidazole rings is 1. The van der Waals surface area contributed by atoms with E-state index in [2.05, 4.69) is 29.8 Å². The largest absolute Gasteiger partial charge is 0.344 e. The standard InChI is InChI=1S/C24H29FN6O/c1-4-31-21-15(7-5-9-27-21)13-24(31,2)23-28-19-11-17(18(25)12-20(19)29(23)3)22(32)30-10-6-8-16(26)14-30/h5,7,9,11-12,16H,4,6,8,10,13-14,26H2,1-3H3/t16-,24-/m1/s1. The highest BCUT2D eigenvalue weighted by atomic mass is 19.1. The van der Waals surface area contributed by atoms with Gasteiger partial charge in [0.2, 0.25) is 0 Å². The zero-order valence-electron chi connectivity index (χ0n) is 18.8. The number of rotatable bonds is 3. The average molecular weight is 437 g/mol. The van der Waals surface area contributed by atoms with Gasteiger partial charge in [-0.3, -0.25) is 4.79 Å². The number of piperidine rings is 1. The van der Waals surface area contributed by atoms with E-state index in [1.165, 1.54) is 11.6 Å². The number of nitrogens with two attached hydrogens (primary N) is 1. The van der Waals surface area contributed by atoms with Crippen molar-refractivity contribution in [2.24, 2.45) is 12.8 Å². The minimum atomic E-state index is -0.523. The van der Waals surface area contributed by atoms with Gasteiger partial charge in [0.25, 0.3) is 5.91 Å². The summed E-state index contributed by atoms with van der Waals surface area (Å²) in [5, 5.41) is 0. The highest BCUT2D eigenvalue weighted by molar-refractivity contribution is 5.98. The summed E-state index contributed by atoms with van der Waals surface area (Å²) in [5.74, 6) is 0.958. The number of fused-ring (bicyclic) bond motifs is 2. The summed E-state index contributed by atoms with van der Waals surface area (Å²) in [4.78, 5) is 26.5. The number of carbonyl (C=O) groups is 1. The molecule has 0 unspecified atom stereocenters. The van der Waals surface area contributed by atoms with Crippen LogP contribution in [-0.4, -0.2) is 51.0 Å². The molecule has 0 radical (unpaired) electrons. The maximum absolute atomic E-state index is 15.1. The number of carbonyl (C=O) groups excluding carboxylic acids is 1. The van der Waals surface area contributed by atoms with Crippen molar-refractivity contribution < 1.29 is 9.18 Å². The van der Waals surface area contributed by atoms with Gasteiger partial charge in [-0.1, -0.05) is 6.07 Å². The van der Waals surface area contributed by atoms with Crippen LogP contribution >= 0.6 is 0 Å². The fourth-order valence-electron chi connectivity index (χ4n) is 5.43. The molecular formula is C24H29FN6O. The molecule has 5 rings (SSSR count). The van der Waals surface area contributed by atoms with Crippen LogP contribution in [-0.2, 0) is 19.0 Å². The molecule has 1 fully saturated rings. The number of anilines is 1. The van der Waals surface area contributed by atoms with Crippen molar-refractivity contribution in [3.63, 3.8) is 0 Å². The number of amides is 1. The van der Waals surface area contributed by atoms with Crippen molar-refractivity contribution >= 4 is 22.8 Å². The molecule has 0 bridgehead atoms. The lowest BCUT2D eigenvalue weighted by Gasteiger charge is -2.35. The van der Waals surface area contributed by atoms with Crippen LogP contribution in [0.3, 0.4) is 0 Å². The first-order valence-corrected chi connectivity index (χ1v) is 11.3. The quantitative estimate of drug-likeness (QED) is 0.683. The van der Waals surface area contributed by atoms with Gasteiger partial charge in [-0.15, -0.1) is 0 Å². The van der Waals surface area contributed by atoms with Crippen LogP contribution < -0.4 is 10.6 Å². The summed E-state index contributed by atoms with van der Waals surface area (Å²) in [6.07, 6.45) is 4.30. The summed E-state index contributed by atoms with van der Waals surface area (Å²) in [6.45, 7) is 6.09. The lowest BCUT2D eigenvalue weighted by Crippen LogP contribution is -2.45. The number of likely N-dealkylation sites (tertiary alicyclic amines) is 1. The van der Waals surface area contributed by atoms with Crippen LogP contribution in [0.1, 0.15) is 48.4 Å². The highest BCUT2D eigenvalue weighted by Crippen LogP contribution is 2.43. The molecule has 2 atom stereocenters. The number of hydrogen-bond donors (Lipinski definition) is 1. The molecular weight excluding hydrogens is 407 g/mol. The third-order valence-corrected chi connectivity index (χ3v) is 7.00. The van der Waals surface area contributed by atoms with E-state index in [1.54, 1.807) is 11.0 Å². The Bertz CT molecular complexity index is 1210. The molecule has 32 heavy (non-hydrogen) atoms. The van der Waals surface area contributed by atoms with Crippen LogP contribution in [0.25, 0.3) is 11.0 Å². The lowest BCUT2D eigenvalue weighted by atomic mass is 9.95. The Kier molecular flexibility index (Phi) is 4.93. The number of aromatic nitrogens is 3. The Morgan fingerprint density at radius 2 is 2.19 bits per heavy atom. The lowest BCUT2D eigenvalue weighted by molar-refractivity contribution is 0.0704. The Morgan fingerprint density at radius 1 is 1.38 bits per heavy atom. The molecule has 1 amide bonds. The molecule has 2 aliphatic rings. The Morgan fingerprint density at radius 3 is 2.94 bits per heavy atom. The molecule has 0 aliphatic carbocycles. The summed E-state index contributed by atoms with van der Waals surface area (Å²) in [5.41, 5.74) is 8.14. The van der Waals surface area contributed by atoms with Crippen molar-refractivity contribution in [3.8, 4) is 0 Å². The molecule has 2 aliphatic heterocycles. The van der Waals surface area contributed by atoms with Crippen molar-refractivity contribution in [1.82, 2.24) is 19.4 Å². The minimum Gasteiger partial charge on any atom is -0.344 e. The second-order valence-electron chi connectivity index (χ2n) is 9.15. The van der Waals surface area contributed by atoms with Crippen LogP contribution in [0.5, 0.6) is 0 Å². The van der Waals surface area contributed by atoms with E-state index in [9.17, 15) is 4.79 Å². The second kappa shape index (κ2) is 7.55. The Hall–Kier alpha value is -3.00. The number of pyridine rings is 1. The summed E-state index contributed by atoms with van der Waals surface area (Å²) < 4.78 is 17.0. The molecule has 2 N–H and O–H groups in total. The fraction of sp³-hybridized carbons (Fsp3) is 0.458. The van der Waals surface area contributed by atoms with E-state index < -0.39 is 11.4 Å². The van der Waals surface area contributed by atoms with Crippen molar-refractivity contribution in [2.75, 3.05) is 24.5 Å². The van der Waals surface area contributed by atoms with Crippen LogP contribution in [0, 0.1) is 5.82 Å². The third-order valence-electron chi connectivity index (χ3n) is 7.00. The molecule has 4 heterocycles. The summed E-state index contributed by atoms with van der Waals surface area (Å²) in [7, 11) is 1.91. The smallest absolute Gasteiger partial charge is 0.256 e. The zero-order valence-corrected chi connectivity index (χ0v) is 18.8. The first kappa shape index (κ1) is 20.9. The van der Waals surface area contributed by atoms with Gasteiger partial charge in [0.05, 0.1) is 16.6 Å². The van der Waals surface area contributed by atoms with Gasteiger partial charge in [-0.05, 0) is 44.4 Å². The van der Waals surface area contributed by atoms with Gasteiger partial charge in [-0.2, -0.15) is 0 Å². The summed E-state index contributed by atoms with van der Waals surface area (Å²) in [6, 6.07) is 7.02. The van der Waals surface area contributed by atoms with Crippen molar-refractivity contribution in [2.45, 2.75) is 44.7 Å². The molecule has 168 valence electrons. The van der Waals surface area contributed by atoms with E-state index in [-0.39, 0.29) is 17.5 Å².